The Kier molecular flexibility index (Phi) is 5.28. The fourth-order valence-corrected chi connectivity index (χ4v) is 3.94. The minimum atomic E-state index is -0.410. The van der Waals surface area contributed by atoms with Gasteiger partial charge in [-0.3, -0.25) is 10.1 Å². The summed E-state index contributed by atoms with van der Waals surface area (Å²) in [7, 11) is 1.64. The molecule has 2 atom stereocenters. The zero-order valence-electron chi connectivity index (χ0n) is 17.2. The number of rotatable bonds is 5. The third kappa shape index (κ3) is 3.92. The summed E-state index contributed by atoms with van der Waals surface area (Å²) in [4.78, 5) is 16.9. The Morgan fingerprint density at radius 2 is 1.91 bits per heavy atom. The maximum Gasteiger partial charge on any atom is 0.293 e. The lowest BCUT2D eigenvalue weighted by molar-refractivity contribution is 0.0995. The quantitative estimate of drug-likeness (QED) is 0.448. The van der Waals surface area contributed by atoms with E-state index in [1.54, 1.807) is 23.9 Å². The Hall–Kier alpha value is -3.78. The Bertz CT molecular complexity index is 1220. The predicted molar refractivity (Wildman–Crippen MR) is 120 cm³/mol. The van der Waals surface area contributed by atoms with Crippen molar-refractivity contribution in [3.63, 3.8) is 0 Å². The first kappa shape index (κ1) is 20.1. The van der Waals surface area contributed by atoms with Gasteiger partial charge in [-0.15, -0.1) is 5.10 Å². The summed E-state index contributed by atoms with van der Waals surface area (Å²) in [6, 6.07) is 18.7. The van der Waals surface area contributed by atoms with Crippen LogP contribution in [0.5, 0.6) is 5.75 Å². The number of aromatic nitrogens is 3. The second-order valence-electron chi connectivity index (χ2n) is 7.41. The normalized spacial score (nSPS) is 17.3. The Labute approximate surface area is 189 Å². The van der Waals surface area contributed by atoms with Gasteiger partial charge in [-0.05, 0) is 53.9 Å². The standard InChI is InChI=1S/C23H20ClN5O3/c1-31-17-10-6-14(7-11-17)18-13-19(15-4-8-16(24)9-5-15)29-23(25-18)27-22(28-29)26-21(30)20-3-2-12-32-20/h2-12,18-19H,13H2,1H3,(H2,25,26,27,28,30)/t18-,19+/m1/s1. The van der Waals surface area contributed by atoms with Crippen LogP contribution in [-0.2, 0) is 0 Å². The van der Waals surface area contributed by atoms with E-state index in [-0.39, 0.29) is 23.8 Å². The number of anilines is 2. The summed E-state index contributed by atoms with van der Waals surface area (Å²) in [6.45, 7) is 0. The van der Waals surface area contributed by atoms with Gasteiger partial charge in [-0.1, -0.05) is 35.9 Å². The summed E-state index contributed by atoms with van der Waals surface area (Å²) in [6.07, 6.45) is 2.17. The van der Waals surface area contributed by atoms with Crippen LogP contribution in [0.25, 0.3) is 0 Å². The van der Waals surface area contributed by atoms with E-state index in [4.69, 9.17) is 20.8 Å². The van der Waals surface area contributed by atoms with Crippen molar-refractivity contribution in [3.05, 3.63) is 88.8 Å². The number of carbonyl (C=O) groups excluding carboxylic acids is 1. The van der Waals surface area contributed by atoms with E-state index >= 15 is 0 Å². The number of nitrogens with one attached hydrogen (secondary N) is 2. The summed E-state index contributed by atoms with van der Waals surface area (Å²) in [5.41, 5.74) is 2.14. The molecule has 0 spiro atoms. The minimum absolute atomic E-state index is 0.00749. The number of nitrogens with zero attached hydrogens (tertiary/aromatic N) is 3. The Balaban J connectivity index is 1.48. The highest BCUT2D eigenvalue weighted by Crippen LogP contribution is 2.38. The summed E-state index contributed by atoms with van der Waals surface area (Å²) in [5, 5.41) is 11.4. The fourth-order valence-electron chi connectivity index (χ4n) is 3.82. The summed E-state index contributed by atoms with van der Waals surface area (Å²) >= 11 is 6.10. The third-order valence-corrected chi connectivity index (χ3v) is 5.68. The number of fused-ring (bicyclic) bond motifs is 1. The smallest absolute Gasteiger partial charge is 0.293 e. The van der Waals surface area contributed by atoms with Crippen molar-refractivity contribution >= 4 is 29.4 Å². The van der Waals surface area contributed by atoms with Gasteiger partial charge in [0.25, 0.3) is 11.9 Å². The molecule has 4 aromatic rings. The molecular weight excluding hydrogens is 430 g/mol. The van der Waals surface area contributed by atoms with Crippen LogP contribution in [0.3, 0.4) is 0 Å². The highest BCUT2D eigenvalue weighted by molar-refractivity contribution is 6.30. The zero-order chi connectivity index (χ0) is 22.1. The molecule has 3 heterocycles. The van der Waals surface area contributed by atoms with Gasteiger partial charge >= 0.3 is 0 Å². The van der Waals surface area contributed by atoms with Crippen LogP contribution in [0, 0.1) is 0 Å². The number of ether oxygens (including phenoxy) is 1. The molecule has 2 aromatic carbocycles. The van der Waals surface area contributed by atoms with Gasteiger partial charge in [0.05, 0.1) is 25.5 Å². The number of carbonyl (C=O) groups is 1. The Morgan fingerprint density at radius 3 is 2.59 bits per heavy atom. The van der Waals surface area contributed by atoms with E-state index in [9.17, 15) is 4.79 Å². The van der Waals surface area contributed by atoms with Crippen molar-refractivity contribution < 1.29 is 13.9 Å². The molecule has 5 rings (SSSR count). The molecule has 0 fully saturated rings. The number of amides is 1. The first-order chi connectivity index (χ1) is 15.6. The van der Waals surface area contributed by atoms with Crippen molar-refractivity contribution in [2.75, 3.05) is 17.7 Å². The van der Waals surface area contributed by atoms with E-state index in [0.29, 0.717) is 11.0 Å². The zero-order valence-corrected chi connectivity index (χ0v) is 17.9. The molecule has 1 aliphatic rings. The van der Waals surface area contributed by atoms with Gasteiger partial charge in [0.2, 0.25) is 5.95 Å². The van der Waals surface area contributed by atoms with E-state index < -0.39 is 5.91 Å². The molecule has 8 nitrogen and oxygen atoms in total. The van der Waals surface area contributed by atoms with Crippen LogP contribution >= 0.6 is 11.6 Å². The number of methoxy groups -OCH3 is 1. The molecule has 2 aromatic heterocycles. The largest absolute Gasteiger partial charge is 0.497 e. The van der Waals surface area contributed by atoms with Gasteiger partial charge in [0.15, 0.2) is 5.76 Å². The van der Waals surface area contributed by atoms with E-state index in [1.807, 2.05) is 48.5 Å². The average Bonchev–Trinajstić information content (AvgIpc) is 3.49. The number of furan rings is 1. The van der Waals surface area contributed by atoms with Crippen LogP contribution in [0.1, 0.15) is 40.2 Å². The third-order valence-electron chi connectivity index (χ3n) is 5.43. The maximum atomic E-state index is 12.4. The molecule has 0 unspecified atom stereocenters. The predicted octanol–water partition coefficient (Wildman–Crippen LogP) is 4.93. The van der Waals surface area contributed by atoms with Gasteiger partial charge in [0.1, 0.15) is 5.75 Å². The molecule has 2 N–H and O–H groups in total. The molecule has 0 bridgehead atoms. The second-order valence-corrected chi connectivity index (χ2v) is 7.84. The molecule has 0 aliphatic carbocycles. The highest BCUT2D eigenvalue weighted by Gasteiger charge is 2.31. The first-order valence-corrected chi connectivity index (χ1v) is 10.5. The molecule has 1 aliphatic heterocycles. The van der Waals surface area contributed by atoms with Crippen molar-refractivity contribution in [2.45, 2.75) is 18.5 Å². The molecule has 0 saturated carbocycles. The first-order valence-electron chi connectivity index (χ1n) is 10.1. The Morgan fingerprint density at radius 1 is 1.16 bits per heavy atom. The van der Waals surface area contributed by atoms with E-state index in [1.165, 1.54) is 6.26 Å². The van der Waals surface area contributed by atoms with Crippen LogP contribution < -0.4 is 15.4 Å². The maximum absolute atomic E-state index is 12.4. The lowest BCUT2D eigenvalue weighted by Crippen LogP contribution is -2.28. The topological polar surface area (TPSA) is 94.2 Å². The van der Waals surface area contributed by atoms with Crippen molar-refractivity contribution in [1.29, 1.82) is 0 Å². The molecule has 162 valence electrons. The SMILES string of the molecule is COc1ccc([C@H]2C[C@@H](c3ccc(Cl)cc3)n3nc(NC(=O)c4ccco4)nc3N2)cc1. The van der Waals surface area contributed by atoms with Gasteiger partial charge in [0, 0.05) is 5.02 Å². The summed E-state index contributed by atoms with van der Waals surface area (Å²) in [5.74, 6) is 1.34. The van der Waals surface area contributed by atoms with Crippen LogP contribution in [-0.4, -0.2) is 27.8 Å². The van der Waals surface area contributed by atoms with Gasteiger partial charge < -0.3 is 14.5 Å². The second kappa shape index (κ2) is 8.39. The van der Waals surface area contributed by atoms with E-state index in [0.717, 1.165) is 23.3 Å². The minimum Gasteiger partial charge on any atom is -0.497 e. The molecule has 9 heteroatoms. The lowest BCUT2D eigenvalue weighted by Gasteiger charge is -2.31. The van der Waals surface area contributed by atoms with E-state index in [2.05, 4.69) is 20.7 Å². The van der Waals surface area contributed by atoms with Crippen molar-refractivity contribution in [1.82, 2.24) is 14.8 Å². The monoisotopic (exact) mass is 449 g/mol. The molecule has 1 amide bonds. The number of hydrogen-bond acceptors (Lipinski definition) is 6. The molecular formula is C23H20ClN5O3. The van der Waals surface area contributed by atoms with Crippen LogP contribution in [0.2, 0.25) is 5.02 Å². The van der Waals surface area contributed by atoms with Crippen molar-refractivity contribution in [3.8, 4) is 5.75 Å². The summed E-state index contributed by atoms with van der Waals surface area (Å²) < 4.78 is 12.2. The molecule has 0 radical (unpaired) electrons. The van der Waals surface area contributed by atoms with Crippen LogP contribution in [0.4, 0.5) is 11.9 Å². The van der Waals surface area contributed by atoms with Crippen LogP contribution in [0.15, 0.2) is 71.3 Å². The average molecular weight is 450 g/mol. The van der Waals surface area contributed by atoms with Gasteiger partial charge in [-0.25, -0.2) is 4.68 Å². The molecule has 32 heavy (non-hydrogen) atoms. The number of halogens is 1. The lowest BCUT2D eigenvalue weighted by atomic mass is 9.93. The van der Waals surface area contributed by atoms with Gasteiger partial charge in [-0.2, -0.15) is 4.98 Å². The molecule has 0 saturated heterocycles. The number of hydrogen-bond donors (Lipinski definition) is 2. The number of benzene rings is 2. The van der Waals surface area contributed by atoms with Crippen molar-refractivity contribution in [2.24, 2.45) is 0 Å². The fraction of sp³-hybridized carbons (Fsp3) is 0.174. The highest BCUT2D eigenvalue weighted by atomic mass is 35.5.